The summed E-state index contributed by atoms with van der Waals surface area (Å²) in [6.45, 7) is 1.48. The summed E-state index contributed by atoms with van der Waals surface area (Å²) in [6.07, 6.45) is 0. The fraction of sp³-hybridized carbons (Fsp3) is 0.143. The molecule has 0 saturated heterocycles. The molecule has 1 nitrogen and oxygen atoms in total. The zero-order valence-corrected chi connectivity index (χ0v) is 11.9. The van der Waals surface area contributed by atoms with Gasteiger partial charge in [0.1, 0.15) is 23.3 Å². The quantitative estimate of drug-likeness (QED) is 0.595. The molecule has 0 aliphatic rings. The molecule has 0 heterocycles. The highest BCUT2D eigenvalue weighted by Crippen LogP contribution is 2.28. The smallest absolute Gasteiger partial charge is 0.149 e. The Hall–Kier alpha value is -1.56. The van der Waals surface area contributed by atoms with Crippen LogP contribution < -0.4 is 5.32 Å². The van der Waals surface area contributed by atoms with Gasteiger partial charge in [0.05, 0.1) is 16.2 Å². The van der Waals surface area contributed by atoms with E-state index in [1.54, 1.807) is 0 Å². The summed E-state index contributed by atoms with van der Waals surface area (Å²) in [5, 5.41) is 2.62. The highest BCUT2D eigenvalue weighted by molar-refractivity contribution is 9.10. The van der Waals surface area contributed by atoms with Crippen molar-refractivity contribution >= 4 is 21.6 Å². The van der Waals surface area contributed by atoms with Gasteiger partial charge in [-0.25, -0.2) is 17.6 Å². The van der Waals surface area contributed by atoms with Crippen LogP contribution in [0.5, 0.6) is 0 Å². The Balaban J connectivity index is 2.33. The number of halogens is 5. The molecule has 2 aromatic rings. The van der Waals surface area contributed by atoms with Crippen LogP contribution in [0.1, 0.15) is 18.5 Å². The lowest BCUT2D eigenvalue weighted by molar-refractivity contribution is 0.541. The fourth-order valence-electron chi connectivity index (χ4n) is 1.86. The number of hydrogen-bond donors (Lipinski definition) is 1. The van der Waals surface area contributed by atoms with Gasteiger partial charge in [0.15, 0.2) is 0 Å². The molecule has 0 saturated carbocycles. The normalized spacial score (nSPS) is 12.3. The first kappa shape index (κ1) is 14.8. The van der Waals surface area contributed by atoms with Crippen LogP contribution in [0.4, 0.5) is 23.2 Å². The zero-order chi connectivity index (χ0) is 14.9. The zero-order valence-electron chi connectivity index (χ0n) is 10.4. The Morgan fingerprint density at radius 2 is 1.55 bits per heavy atom. The second kappa shape index (κ2) is 5.83. The average molecular weight is 348 g/mol. The molecule has 0 aliphatic heterocycles. The summed E-state index contributed by atoms with van der Waals surface area (Å²) in [4.78, 5) is 0. The van der Waals surface area contributed by atoms with Gasteiger partial charge < -0.3 is 5.32 Å². The second-order valence-corrected chi connectivity index (χ2v) is 5.10. The monoisotopic (exact) mass is 347 g/mol. The van der Waals surface area contributed by atoms with E-state index in [2.05, 4.69) is 21.2 Å². The van der Waals surface area contributed by atoms with E-state index < -0.39 is 29.3 Å². The Morgan fingerprint density at radius 1 is 0.950 bits per heavy atom. The Morgan fingerprint density at radius 3 is 2.15 bits per heavy atom. The molecule has 0 amide bonds. The topological polar surface area (TPSA) is 12.0 Å². The van der Waals surface area contributed by atoms with Gasteiger partial charge in [-0.1, -0.05) is 6.07 Å². The van der Waals surface area contributed by atoms with Crippen LogP contribution in [-0.4, -0.2) is 0 Å². The molecule has 1 atom stereocenters. The lowest BCUT2D eigenvalue weighted by Gasteiger charge is -2.18. The summed E-state index contributed by atoms with van der Waals surface area (Å²) in [5.41, 5.74) is -0.249. The minimum Gasteiger partial charge on any atom is -0.376 e. The molecule has 0 fully saturated rings. The number of nitrogens with one attached hydrogen (secondary N) is 1. The van der Waals surface area contributed by atoms with Crippen LogP contribution >= 0.6 is 15.9 Å². The standard InChI is InChI=1S/C14H10BrF4N/c1-7(14-9(16)3-2-4-10(14)17)20-13-5-8(15)11(18)6-12(13)19/h2-7,20H,1H3. The number of benzene rings is 2. The van der Waals surface area contributed by atoms with Crippen molar-refractivity contribution in [3.63, 3.8) is 0 Å². The van der Waals surface area contributed by atoms with Crippen LogP contribution in [0.3, 0.4) is 0 Å². The van der Waals surface area contributed by atoms with Gasteiger partial charge in [-0.05, 0) is 41.1 Å². The summed E-state index contributed by atoms with van der Waals surface area (Å²) in [5.74, 6) is -3.05. The van der Waals surface area contributed by atoms with E-state index in [4.69, 9.17) is 0 Å². The largest absolute Gasteiger partial charge is 0.376 e. The van der Waals surface area contributed by atoms with Gasteiger partial charge >= 0.3 is 0 Å². The highest BCUT2D eigenvalue weighted by atomic mass is 79.9. The Kier molecular flexibility index (Phi) is 4.32. The van der Waals surface area contributed by atoms with E-state index in [1.165, 1.54) is 19.1 Å². The fourth-order valence-corrected chi connectivity index (χ4v) is 2.21. The molecule has 0 radical (unpaired) electrons. The predicted molar refractivity (Wildman–Crippen MR) is 72.5 cm³/mol. The summed E-state index contributed by atoms with van der Waals surface area (Å²) < 4.78 is 54.0. The van der Waals surface area contributed by atoms with Gasteiger partial charge in [-0.3, -0.25) is 0 Å². The van der Waals surface area contributed by atoms with Crippen LogP contribution in [-0.2, 0) is 0 Å². The molecule has 0 spiro atoms. The van der Waals surface area contributed by atoms with E-state index in [0.29, 0.717) is 6.07 Å². The summed E-state index contributed by atoms with van der Waals surface area (Å²) >= 11 is 2.93. The summed E-state index contributed by atoms with van der Waals surface area (Å²) in [6, 6.07) is 4.54. The van der Waals surface area contributed by atoms with Crippen molar-refractivity contribution in [2.45, 2.75) is 13.0 Å². The molecule has 6 heteroatoms. The molecule has 106 valence electrons. The number of anilines is 1. The molecule has 0 aliphatic carbocycles. The molecule has 1 unspecified atom stereocenters. The van der Waals surface area contributed by atoms with Gasteiger partial charge in [-0.2, -0.15) is 0 Å². The van der Waals surface area contributed by atoms with Gasteiger partial charge in [0.25, 0.3) is 0 Å². The van der Waals surface area contributed by atoms with Crippen LogP contribution in [0.25, 0.3) is 0 Å². The molecular weight excluding hydrogens is 338 g/mol. The first-order valence-corrected chi connectivity index (χ1v) is 6.54. The van der Waals surface area contributed by atoms with Gasteiger partial charge in [-0.15, -0.1) is 0 Å². The van der Waals surface area contributed by atoms with Crippen molar-refractivity contribution in [3.05, 3.63) is 63.6 Å². The van der Waals surface area contributed by atoms with Crippen LogP contribution in [0, 0.1) is 23.3 Å². The van der Waals surface area contributed by atoms with Crippen molar-refractivity contribution in [1.82, 2.24) is 0 Å². The van der Waals surface area contributed by atoms with Crippen molar-refractivity contribution in [2.75, 3.05) is 5.32 Å². The third-order valence-corrected chi connectivity index (χ3v) is 3.42. The summed E-state index contributed by atoms with van der Waals surface area (Å²) in [7, 11) is 0. The number of hydrogen-bond acceptors (Lipinski definition) is 1. The van der Waals surface area contributed by atoms with E-state index in [-0.39, 0.29) is 15.7 Å². The molecule has 20 heavy (non-hydrogen) atoms. The van der Waals surface area contributed by atoms with E-state index in [9.17, 15) is 17.6 Å². The van der Waals surface area contributed by atoms with Crippen LogP contribution in [0.15, 0.2) is 34.8 Å². The van der Waals surface area contributed by atoms with Crippen LogP contribution in [0.2, 0.25) is 0 Å². The minimum absolute atomic E-state index is 0.0478. The maximum atomic E-state index is 13.6. The second-order valence-electron chi connectivity index (χ2n) is 4.25. The molecular formula is C14H10BrF4N. The minimum atomic E-state index is -0.839. The molecule has 0 aromatic heterocycles. The first-order valence-electron chi connectivity index (χ1n) is 5.75. The third kappa shape index (κ3) is 2.95. The lowest BCUT2D eigenvalue weighted by atomic mass is 10.1. The Bertz CT molecular complexity index is 625. The van der Waals surface area contributed by atoms with E-state index in [0.717, 1.165) is 12.1 Å². The van der Waals surface area contributed by atoms with Gasteiger partial charge in [0.2, 0.25) is 0 Å². The average Bonchev–Trinajstić information content (AvgIpc) is 2.35. The predicted octanol–water partition coefficient (Wildman–Crippen LogP) is 5.18. The molecule has 2 aromatic carbocycles. The first-order chi connectivity index (χ1) is 9.40. The third-order valence-electron chi connectivity index (χ3n) is 2.81. The molecule has 1 N–H and O–H groups in total. The maximum Gasteiger partial charge on any atom is 0.149 e. The van der Waals surface area contributed by atoms with Crippen molar-refractivity contribution < 1.29 is 17.6 Å². The SMILES string of the molecule is CC(Nc1cc(Br)c(F)cc1F)c1c(F)cccc1F. The van der Waals surface area contributed by atoms with Gasteiger partial charge in [0, 0.05) is 11.6 Å². The Labute approximate surface area is 121 Å². The van der Waals surface area contributed by atoms with E-state index in [1.807, 2.05) is 0 Å². The molecule has 2 rings (SSSR count). The van der Waals surface area contributed by atoms with Crippen molar-refractivity contribution in [2.24, 2.45) is 0 Å². The van der Waals surface area contributed by atoms with Crippen molar-refractivity contribution in [3.8, 4) is 0 Å². The van der Waals surface area contributed by atoms with Crippen molar-refractivity contribution in [1.29, 1.82) is 0 Å². The lowest BCUT2D eigenvalue weighted by Crippen LogP contribution is -2.12. The highest BCUT2D eigenvalue weighted by Gasteiger charge is 2.18. The molecule has 0 bridgehead atoms. The number of rotatable bonds is 3. The maximum absolute atomic E-state index is 13.6. The van der Waals surface area contributed by atoms with E-state index >= 15 is 0 Å².